The molecule has 1 saturated heterocycles. The highest BCUT2D eigenvalue weighted by molar-refractivity contribution is 7.92. The zero-order valence-corrected chi connectivity index (χ0v) is 29.8. The lowest BCUT2D eigenvalue weighted by Crippen LogP contribution is -2.34. The van der Waals surface area contributed by atoms with Crippen molar-refractivity contribution in [3.8, 4) is 5.75 Å². The zero-order valence-electron chi connectivity index (χ0n) is 29.0. The number of nitrogens with zero attached hydrogens (tertiary/aromatic N) is 4. The van der Waals surface area contributed by atoms with E-state index in [4.69, 9.17) is 9.72 Å². The summed E-state index contributed by atoms with van der Waals surface area (Å²) in [5.74, 6) is 0.998. The van der Waals surface area contributed by atoms with E-state index in [0.29, 0.717) is 34.2 Å². The third kappa shape index (κ3) is 8.59. The second-order valence-electron chi connectivity index (χ2n) is 13.7. The van der Waals surface area contributed by atoms with Crippen LogP contribution >= 0.6 is 0 Å². The number of hydrogen-bond donors (Lipinski definition) is 3. The topological polar surface area (TPSA) is 138 Å². The number of amides is 1. The Morgan fingerprint density at radius 1 is 1.02 bits per heavy atom. The van der Waals surface area contributed by atoms with Gasteiger partial charge in [0, 0.05) is 16.9 Å². The van der Waals surface area contributed by atoms with Crippen molar-refractivity contribution >= 4 is 49.8 Å². The van der Waals surface area contributed by atoms with Crippen molar-refractivity contribution in [2.45, 2.75) is 65.7 Å². The van der Waals surface area contributed by atoms with E-state index in [2.05, 4.69) is 43.2 Å². The van der Waals surface area contributed by atoms with Gasteiger partial charge in [0.2, 0.25) is 10.0 Å². The maximum absolute atomic E-state index is 13.7. The number of sulfonamides is 1. The van der Waals surface area contributed by atoms with Gasteiger partial charge in [-0.05, 0) is 111 Å². The Morgan fingerprint density at radius 2 is 1.75 bits per heavy atom. The average molecular weight is 674 g/mol. The number of aromatic nitrogens is 3. The summed E-state index contributed by atoms with van der Waals surface area (Å²) in [6.07, 6.45) is 7.03. The van der Waals surface area contributed by atoms with Crippen LogP contribution in [0.5, 0.6) is 5.75 Å². The highest BCUT2D eigenvalue weighted by atomic mass is 32.2. The van der Waals surface area contributed by atoms with Crippen LogP contribution in [0.15, 0.2) is 48.8 Å². The summed E-state index contributed by atoms with van der Waals surface area (Å²) in [6.45, 7) is 13.6. The van der Waals surface area contributed by atoms with Gasteiger partial charge in [0.05, 0.1) is 30.3 Å². The maximum Gasteiger partial charge on any atom is 0.255 e. The maximum atomic E-state index is 13.7. The van der Waals surface area contributed by atoms with Crippen LogP contribution < -0.4 is 20.1 Å². The SMILES string of the molecule is CCCN1CCC(Cc2ccc3ncnc(Nc4cc(C(=O)Nc5cc(C(C)(C)C)cc(NS(C)(=O)=O)c5OC)ccc4C)c3n2)CC1. The highest BCUT2D eigenvalue weighted by Crippen LogP contribution is 2.39. The number of carbonyl (C=O) groups is 1. The van der Waals surface area contributed by atoms with Crippen molar-refractivity contribution in [3.63, 3.8) is 0 Å². The van der Waals surface area contributed by atoms with Gasteiger partial charge in [0.15, 0.2) is 11.6 Å². The van der Waals surface area contributed by atoms with Gasteiger partial charge in [-0.1, -0.05) is 33.8 Å². The van der Waals surface area contributed by atoms with E-state index < -0.39 is 10.0 Å². The number of piperidine rings is 1. The molecule has 0 atom stereocenters. The molecule has 1 aliphatic heterocycles. The van der Waals surface area contributed by atoms with E-state index in [-0.39, 0.29) is 22.8 Å². The first-order valence-corrected chi connectivity index (χ1v) is 18.4. The highest BCUT2D eigenvalue weighted by Gasteiger charge is 2.23. The van der Waals surface area contributed by atoms with Crippen LogP contribution in [-0.4, -0.2) is 67.2 Å². The molecule has 0 saturated carbocycles. The Balaban J connectivity index is 1.40. The molecule has 0 bridgehead atoms. The van der Waals surface area contributed by atoms with Crippen LogP contribution in [-0.2, 0) is 21.9 Å². The van der Waals surface area contributed by atoms with Gasteiger partial charge < -0.3 is 20.3 Å². The molecule has 0 radical (unpaired) electrons. The lowest BCUT2D eigenvalue weighted by Gasteiger charge is -2.31. The summed E-state index contributed by atoms with van der Waals surface area (Å²) in [7, 11) is -2.17. The molecule has 1 amide bonds. The van der Waals surface area contributed by atoms with Crippen LogP contribution in [0.3, 0.4) is 0 Å². The van der Waals surface area contributed by atoms with Crippen molar-refractivity contribution in [2.24, 2.45) is 5.92 Å². The molecule has 2 aromatic carbocycles. The Hall–Kier alpha value is -4.29. The van der Waals surface area contributed by atoms with Gasteiger partial charge in [-0.3, -0.25) is 9.52 Å². The first-order valence-electron chi connectivity index (χ1n) is 16.5. The molecule has 2 aromatic heterocycles. The number of pyridine rings is 1. The van der Waals surface area contributed by atoms with Crippen molar-refractivity contribution in [1.82, 2.24) is 19.9 Å². The number of benzene rings is 2. The van der Waals surface area contributed by atoms with Crippen LogP contribution in [0.4, 0.5) is 22.9 Å². The number of ether oxygens (including phenoxy) is 1. The summed E-state index contributed by atoms with van der Waals surface area (Å²) in [4.78, 5) is 30.2. The number of carbonyl (C=O) groups excluding carboxylic acids is 1. The molecule has 1 fully saturated rings. The number of rotatable bonds is 11. The molecular formula is C36H47N7O4S. The minimum Gasteiger partial charge on any atom is -0.492 e. The monoisotopic (exact) mass is 673 g/mol. The first-order chi connectivity index (χ1) is 22.7. The van der Waals surface area contributed by atoms with Gasteiger partial charge in [-0.2, -0.15) is 0 Å². The van der Waals surface area contributed by atoms with Gasteiger partial charge in [0.25, 0.3) is 5.91 Å². The normalized spacial score (nSPS) is 14.6. The summed E-state index contributed by atoms with van der Waals surface area (Å²) in [5.41, 5.74) is 5.55. The molecule has 48 heavy (non-hydrogen) atoms. The quantitative estimate of drug-likeness (QED) is 0.159. The molecule has 0 spiro atoms. The zero-order chi connectivity index (χ0) is 34.6. The molecular weight excluding hydrogens is 627 g/mol. The lowest BCUT2D eigenvalue weighted by atomic mass is 9.86. The lowest BCUT2D eigenvalue weighted by molar-refractivity contribution is 0.102. The van der Waals surface area contributed by atoms with Gasteiger partial charge in [-0.25, -0.2) is 23.4 Å². The summed E-state index contributed by atoms with van der Waals surface area (Å²) in [5, 5.41) is 6.35. The number of fused-ring (bicyclic) bond motifs is 1. The van der Waals surface area contributed by atoms with Crippen LogP contribution in [0.2, 0.25) is 0 Å². The van der Waals surface area contributed by atoms with Crippen molar-refractivity contribution in [2.75, 3.05) is 48.4 Å². The predicted octanol–water partition coefficient (Wildman–Crippen LogP) is 6.67. The fraction of sp³-hybridized carbons (Fsp3) is 0.444. The standard InChI is InChI=1S/C36H47N7O4S/c1-8-15-43-16-13-24(14-17-43)18-27-11-12-28-32(39-27)34(38-22-37-28)40-29-19-25(10-9-23(29)2)35(44)41-30-20-26(36(3,4)5)21-31(33(30)47-6)42-48(7,45)46/h9-12,19-22,24,42H,8,13-18H2,1-7H3,(H,41,44)(H,37,38,40). The fourth-order valence-corrected chi connectivity index (χ4v) is 6.63. The summed E-state index contributed by atoms with van der Waals surface area (Å²) < 4.78 is 32.4. The van der Waals surface area contributed by atoms with E-state index >= 15 is 0 Å². The van der Waals surface area contributed by atoms with E-state index in [0.717, 1.165) is 54.6 Å². The molecule has 11 nitrogen and oxygen atoms in total. The molecule has 3 N–H and O–H groups in total. The molecule has 3 heterocycles. The van der Waals surface area contributed by atoms with Crippen molar-refractivity contribution in [1.29, 1.82) is 0 Å². The predicted molar refractivity (Wildman–Crippen MR) is 193 cm³/mol. The number of methoxy groups -OCH3 is 1. The minimum absolute atomic E-state index is 0.216. The number of nitrogens with one attached hydrogen (secondary N) is 3. The Bertz CT molecular complexity index is 1900. The molecule has 0 aliphatic carbocycles. The van der Waals surface area contributed by atoms with E-state index in [9.17, 15) is 13.2 Å². The Labute approximate surface area is 284 Å². The number of likely N-dealkylation sites (tertiary alicyclic amines) is 1. The molecule has 12 heteroatoms. The molecule has 0 unspecified atom stereocenters. The first kappa shape index (κ1) is 35.0. The van der Waals surface area contributed by atoms with Gasteiger partial charge >= 0.3 is 0 Å². The van der Waals surface area contributed by atoms with E-state index in [1.807, 2.05) is 45.9 Å². The fourth-order valence-electron chi connectivity index (χ4n) is 6.08. The van der Waals surface area contributed by atoms with Crippen LogP contribution in [0.1, 0.15) is 74.1 Å². The number of hydrogen-bond acceptors (Lipinski definition) is 9. The largest absolute Gasteiger partial charge is 0.492 e. The van der Waals surface area contributed by atoms with Gasteiger partial charge in [-0.15, -0.1) is 0 Å². The molecule has 1 aliphatic rings. The third-order valence-corrected chi connectivity index (χ3v) is 9.33. The second kappa shape index (κ2) is 14.4. The average Bonchev–Trinajstić information content (AvgIpc) is 3.02. The number of aryl methyl sites for hydroxylation is 1. The minimum atomic E-state index is -3.61. The van der Waals surface area contributed by atoms with Crippen LogP contribution in [0.25, 0.3) is 11.0 Å². The third-order valence-electron chi connectivity index (χ3n) is 8.74. The number of anilines is 4. The molecule has 4 aromatic rings. The molecule has 256 valence electrons. The van der Waals surface area contributed by atoms with E-state index in [1.54, 1.807) is 18.2 Å². The second-order valence-corrected chi connectivity index (χ2v) is 15.5. The smallest absolute Gasteiger partial charge is 0.255 e. The van der Waals surface area contributed by atoms with Crippen molar-refractivity contribution < 1.29 is 17.9 Å². The van der Waals surface area contributed by atoms with Crippen LogP contribution in [0, 0.1) is 12.8 Å². The summed E-state index contributed by atoms with van der Waals surface area (Å²) in [6, 6.07) is 13.0. The van der Waals surface area contributed by atoms with Crippen molar-refractivity contribution in [3.05, 3.63) is 71.2 Å². The van der Waals surface area contributed by atoms with Gasteiger partial charge in [0.1, 0.15) is 11.8 Å². The van der Waals surface area contributed by atoms with E-state index in [1.165, 1.54) is 32.7 Å². The Kier molecular flexibility index (Phi) is 10.5. The Morgan fingerprint density at radius 3 is 2.42 bits per heavy atom. The summed E-state index contributed by atoms with van der Waals surface area (Å²) >= 11 is 0. The molecule has 5 rings (SSSR count).